The van der Waals surface area contributed by atoms with Crippen LogP contribution in [0.25, 0.3) is 0 Å². The van der Waals surface area contributed by atoms with Gasteiger partial charge in [0.2, 0.25) is 0 Å². The van der Waals surface area contributed by atoms with Crippen molar-refractivity contribution in [3.05, 3.63) is 60.7 Å². The van der Waals surface area contributed by atoms with Gasteiger partial charge in [0.25, 0.3) is 0 Å². The second-order valence-electron chi connectivity index (χ2n) is 4.59. The molecule has 0 aliphatic carbocycles. The van der Waals surface area contributed by atoms with Crippen LogP contribution >= 0.6 is 0 Å². The lowest BCUT2D eigenvalue weighted by atomic mass is 9.99. The van der Waals surface area contributed by atoms with Crippen LogP contribution in [0.15, 0.2) is 55.1 Å². The van der Waals surface area contributed by atoms with Crippen LogP contribution in [-0.2, 0) is 15.4 Å². The van der Waals surface area contributed by atoms with Crippen molar-refractivity contribution in [3.63, 3.8) is 0 Å². The molecule has 98 valence electrons. The minimum Gasteiger partial charge on any atom is -0.236 e. The zero-order chi connectivity index (χ0) is 13.3. The number of allylic oxidation sites excluding steroid dienone is 3. The zero-order valence-electron chi connectivity index (χ0n) is 11.3. The van der Waals surface area contributed by atoms with E-state index in [2.05, 4.69) is 12.7 Å². The zero-order valence-corrected chi connectivity index (χ0v) is 11.3. The van der Waals surface area contributed by atoms with Gasteiger partial charge in [-0.1, -0.05) is 55.1 Å². The van der Waals surface area contributed by atoms with Gasteiger partial charge in [-0.25, -0.2) is 9.78 Å². The van der Waals surface area contributed by atoms with Gasteiger partial charge in [-0.3, -0.25) is 0 Å². The highest BCUT2D eigenvalue weighted by Crippen LogP contribution is 2.24. The average Bonchev–Trinajstić information content (AvgIpc) is 2.39. The number of hydrogen-bond acceptors (Lipinski definition) is 2. The first kappa shape index (κ1) is 14.7. The molecule has 2 heteroatoms. The van der Waals surface area contributed by atoms with E-state index in [0.29, 0.717) is 6.61 Å². The summed E-state index contributed by atoms with van der Waals surface area (Å²) in [6.45, 7) is 8.21. The van der Waals surface area contributed by atoms with Gasteiger partial charge >= 0.3 is 0 Å². The largest absolute Gasteiger partial charge is 0.236 e. The van der Waals surface area contributed by atoms with E-state index in [9.17, 15) is 0 Å². The molecule has 2 nitrogen and oxygen atoms in total. The fraction of sp³-hybridized carbons (Fsp3) is 0.375. The van der Waals surface area contributed by atoms with Gasteiger partial charge in [0.05, 0.1) is 6.61 Å². The predicted octanol–water partition coefficient (Wildman–Crippen LogP) is 4.39. The lowest BCUT2D eigenvalue weighted by molar-refractivity contribution is -0.358. The van der Waals surface area contributed by atoms with Crippen LogP contribution in [0.3, 0.4) is 0 Å². The molecule has 0 amide bonds. The van der Waals surface area contributed by atoms with E-state index in [4.69, 9.17) is 9.78 Å². The Kier molecular flexibility index (Phi) is 6.40. The maximum absolute atomic E-state index is 5.48. The van der Waals surface area contributed by atoms with E-state index >= 15 is 0 Å². The molecule has 0 fully saturated rings. The first-order valence-electron chi connectivity index (χ1n) is 6.30. The van der Waals surface area contributed by atoms with E-state index in [-0.39, 0.29) is 0 Å². The van der Waals surface area contributed by atoms with Crippen LogP contribution in [0.5, 0.6) is 0 Å². The fourth-order valence-corrected chi connectivity index (χ4v) is 1.53. The molecular formula is C16H22O2. The van der Waals surface area contributed by atoms with Crippen LogP contribution < -0.4 is 0 Å². The monoisotopic (exact) mass is 246 g/mol. The molecule has 0 N–H and O–H groups in total. The third-order valence-corrected chi connectivity index (χ3v) is 2.61. The van der Waals surface area contributed by atoms with Crippen LogP contribution in [0.4, 0.5) is 0 Å². The smallest absolute Gasteiger partial charge is 0.123 e. The lowest BCUT2D eigenvalue weighted by Crippen LogP contribution is -2.22. The second-order valence-corrected chi connectivity index (χ2v) is 4.59. The Hall–Kier alpha value is -1.38. The SMILES string of the molecule is C=C/C=C/CCCOOC(C)(C)c1ccccc1. The van der Waals surface area contributed by atoms with Crippen LogP contribution in [0.1, 0.15) is 32.3 Å². The quantitative estimate of drug-likeness (QED) is 0.293. The molecule has 0 radical (unpaired) electrons. The number of unbranched alkanes of at least 4 members (excludes halogenated alkanes) is 1. The molecule has 0 heterocycles. The first-order valence-corrected chi connectivity index (χ1v) is 6.30. The standard InChI is InChI=1S/C16H22O2/c1-4-5-6-7-11-14-17-18-16(2,3)15-12-9-8-10-13-15/h4-6,8-10,12-13H,1,7,11,14H2,2-3H3/b6-5+. The van der Waals surface area contributed by atoms with E-state index in [1.54, 1.807) is 6.08 Å². The van der Waals surface area contributed by atoms with E-state index < -0.39 is 5.60 Å². The molecule has 0 aliphatic heterocycles. The Labute approximate surface area is 110 Å². The molecule has 0 saturated heterocycles. The fourth-order valence-electron chi connectivity index (χ4n) is 1.53. The van der Waals surface area contributed by atoms with Crippen molar-refractivity contribution in [1.82, 2.24) is 0 Å². The summed E-state index contributed by atoms with van der Waals surface area (Å²) >= 11 is 0. The first-order chi connectivity index (χ1) is 8.67. The molecule has 18 heavy (non-hydrogen) atoms. The van der Waals surface area contributed by atoms with Crippen molar-refractivity contribution in [2.24, 2.45) is 0 Å². The summed E-state index contributed by atoms with van der Waals surface area (Å²) in [4.78, 5) is 10.8. The van der Waals surface area contributed by atoms with Gasteiger partial charge in [0.15, 0.2) is 0 Å². The van der Waals surface area contributed by atoms with E-state index in [1.165, 1.54) is 0 Å². The summed E-state index contributed by atoms with van der Waals surface area (Å²) in [5, 5.41) is 0. The van der Waals surface area contributed by atoms with Crippen molar-refractivity contribution in [1.29, 1.82) is 0 Å². The molecule has 0 saturated carbocycles. The topological polar surface area (TPSA) is 18.5 Å². The Morgan fingerprint density at radius 1 is 1.22 bits per heavy atom. The molecule has 1 rings (SSSR count). The average molecular weight is 246 g/mol. The number of rotatable bonds is 8. The predicted molar refractivity (Wildman–Crippen MR) is 75.1 cm³/mol. The van der Waals surface area contributed by atoms with Gasteiger partial charge in [-0.15, -0.1) is 0 Å². The molecule has 0 bridgehead atoms. The summed E-state index contributed by atoms with van der Waals surface area (Å²) in [5.74, 6) is 0. The molecule has 0 atom stereocenters. The second kappa shape index (κ2) is 7.85. The number of hydrogen-bond donors (Lipinski definition) is 0. The highest BCUT2D eigenvalue weighted by Gasteiger charge is 2.22. The minimum atomic E-state index is -0.418. The third kappa shape index (κ3) is 5.30. The molecule has 0 aromatic heterocycles. The molecule has 1 aromatic rings. The number of benzene rings is 1. The molecule has 0 spiro atoms. The van der Waals surface area contributed by atoms with Crippen molar-refractivity contribution >= 4 is 0 Å². The minimum absolute atomic E-state index is 0.418. The summed E-state index contributed by atoms with van der Waals surface area (Å²) < 4.78 is 0. The van der Waals surface area contributed by atoms with Crippen molar-refractivity contribution in [3.8, 4) is 0 Å². The molecule has 0 aliphatic rings. The Bertz CT molecular complexity index is 366. The van der Waals surface area contributed by atoms with Crippen molar-refractivity contribution in [2.45, 2.75) is 32.3 Å². The normalized spacial score (nSPS) is 11.9. The third-order valence-electron chi connectivity index (χ3n) is 2.61. The molecular weight excluding hydrogens is 224 g/mol. The van der Waals surface area contributed by atoms with Gasteiger partial charge in [0, 0.05) is 0 Å². The summed E-state index contributed by atoms with van der Waals surface area (Å²) in [6.07, 6.45) is 7.69. The van der Waals surface area contributed by atoms with Crippen LogP contribution in [-0.4, -0.2) is 6.61 Å². The summed E-state index contributed by atoms with van der Waals surface area (Å²) in [6, 6.07) is 10.1. The maximum Gasteiger partial charge on any atom is 0.123 e. The van der Waals surface area contributed by atoms with Crippen molar-refractivity contribution < 1.29 is 9.78 Å². The summed E-state index contributed by atoms with van der Waals surface area (Å²) in [5.41, 5.74) is 0.689. The Morgan fingerprint density at radius 3 is 2.61 bits per heavy atom. The van der Waals surface area contributed by atoms with Gasteiger partial charge in [-0.2, -0.15) is 0 Å². The van der Waals surface area contributed by atoms with Gasteiger partial charge < -0.3 is 0 Å². The highest BCUT2D eigenvalue weighted by molar-refractivity contribution is 5.20. The molecule has 1 aromatic carbocycles. The van der Waals surface area contributed by atoms with Gasteiger partial charge in [0.1, 0.15) is 5.60 Å². The van der Waals surface area contributed by atoms with E-state index in [0.717, 1.165) is 18.4 Å². The Balaban J connectivity index is 2.26. The van der Waals surface area contributed by atoms with Crippen LogP contribution in [0.2, 0.25) is 0 Å². The molecule has 0 unspecified atom stereocenters. The lowest BCUT2D eigenvalue weighted by Gasteiger charge is -2.23. The van der Waals surface area contributed by atoms with Crippen LogP contribution in [0, 0.1) is 0 Å². The summed E-state index contributed by atoms with van der Waals surface area (Å²) in [7, 11) is 0. The maximum atomic E-state index is 5.48. The van der Waals surface area contributed by atoms with Gasteiger partial charge in [-0.05, 0) is 32.3 Å². The van der Waals surface area contributed by atoms with Crippen molar-refractivity contribution in [2.75, 3.05) is 6.61 Å². The highest BCUT2D eigenvalue weighted by atomic mass is 17.2. The van der Waals surface area contributed by atoms with E-state index in [1.807, 2.05) is 50.3 Å². The Morgan fingerprint density at radius 2 is 1.94 bits per heavy atom.